The van der Waals surface area contributed by atoms with Crippen molar-refractivity contribution in [2.45, 2.75) is 11.8 Å². The van der Waals surface area contributed by atoms with E-state index in [4.69, 9.17) is 4.74 Å². The summed E-state index contributed by atoms with van der Waals surface area (Å²) in [5.74, 6) is -4.33. The first-order chi connectivity index (χ1) is 9.32. The molecule has 8 heteroatoms. The number of esters is 2. The number of nitrogens with zero attached hydrogens (tertiary/aromatic N) is 1. The number of nitro groups is 1. The van der Waals surface area contributed by atoms with Gasteiger partial charge in [0.25, 0.3) is 0 Å². The molecule has 0 aliphatic carbocycles. The molecule has 2 aliphatic rings. The second-order valence-corrected chi connectivity index (χ2v) is 4.55. The van der Waals surface area contributed by atoms with Gasteiger partial charge in [-0.25, -0.2) is 0 Å². The van der Waals surface area contributed by atoms with E-state index in [1.54, 1.807) is 0 Å². The molecule has 0 aromatic rings. The molecule has 0 amide bonds. The Kier molecular flexibility index (Phi) is 3.13. The second kappa shape index (κ2) is 4.41. The summed E-state index contributed by atoms with van der Waals surface area (Å²) >= 11 is 0. The molecule has 0 saturated carbocycles. The fourth-order valence-corrected chi connectivity index (χ4v) is 2.80. The fourth-order valence-electron chi connectivity index (χ4n) is 2.80. The summed E-state index contributed by atoms with van der Waals surface area (Å²) in [6.07, 6.45) is -1.01. The average Bonchev–Trinajstić information content (AvgIpc) is 2.91. The maximum atomic E-state index is 11.9. The van der Waals surface area contributed by atoms with E-state index in [1.807, 2.05) is 0 Å². The SMILES string of the molecule is C=C1C(=C)[C@@]2([N+](=O)[O-])O[C@@H]1[C@@H](C(=O)OC)[C@H]2C(=O)OC. The topological polar surface area (TPSA) is 105 Å². The molecule has 0 aromatic carbocycles. The highest BCUT2D eigenvalue weighted by Gasteiger charge is 2.77. The Bertz CT molecular complexity index is 540. The van der Waals surface area contributed by atoms with Crippen molar-refractivity contribution in [3.63, 3.8) is 0 Å². The minimum Gasteiger partial charge on any atom is -0.469 e. The molecule has 0 radical (unpaired) electrons. The first-order valence-electron chi connectivity index (χ1n) is 5.69. The lowest BCUT2D eigenvalue weighted by atomic mass is 9.71. The summed E-state index contributed by atoms with van der Waals surface area (Å²) in [4.78, 5) is 34.4. The van der Waals surface area contributed by atoms with Gasteiger partial charge in [0.05, 0.1) is 24.7 Å². The van der Waals surface area contributed by atoms with Gasteiger partial charge in [-0.15, -0.1) is 0 Å². The molecule has 20 heavy (non-hydrogen) atoms. The van der Waals surface area contributed by atoms with E-state index in [9.17, 15) is 19.7 Å². The van der Waals surface area contributed by atoms with Crippen molar-refractivity contribution >= 4 is 11.9 Å². The van der Waals surface area contributed by atoms with E-state index >= 15 is 0 Å². The van der Waals surface area contributed by atoms with Gasteiger partial charge in [-0.2, -0.15) is 0 Å². The summed E-state index contributed by atoms with van der Waals surface area (Å²) in [5.41, 5.74) is -2.02. The molecule has 0 unspecified atom stereocenters. The number of ether oxygens (including phenoxy) is 3. The third-order valence-corrected chi connectivity index (χ3v) is 3.78. The van der Waals surface area contributed by atoms with Crippen molar-refractivity contribution < 1.29 is 28.7 Å². The molecule has 2 aliphatic heterocycles. The lowest BCUT2D eigenvalue weighted by Crippen LogP contribution is -2.52. The zero-order valence-electron chi connectivity index (χ0n) is 11.0. The van der Waals surface area contributed by atoms with Gasteiger partial charge in [-0.3, -0.25) is 19.7 Å². The van der Waals surface area contributed by atoms with Gasteiger partial charge in [0.15, 0.2) is 5.92 Å². The summed E-state index contributed by atoms with van der Waals surface area (Å²) < 4.78 is 14.5. The van der Waals surface area contributed by atoms with E-state index in [0.29, 0.717) is 0 Å². The Balaban J connectivity index is 2.61. The normalized spacial score (nSPS) is 35.0. The molecular formula is C12H13NO7. The molecule has 0 spiro atoms. The van der Waals surface area contributed by atoms with Gasteiger partial charge in [0.2, 0.25) is 0 Å². The van der Waals surface area contributed by atoms with Gasteiger partial charge in [-0.05, 0) is 5.57 Å². The number of hydrogen-bond acceptors (Lipinski definition) is 7. The van der Waals surface area contributed by atoms with Gasteiger partial charge < -0.3 is 14.2 Å². The predicted octanol–water partition coefficient (Wildman–Crippen LogP) is 0.0626. The average molecular weight is 283 g/mol. The maximum Gasteiger partial charge on any atom is 0.366 e. The highest BCUT2D eigenvalue weighted by atomic mass is 16.7. The first kappa shape index (κ1) is 14.2. The Hall–Kier alpha value is -2.22. The summed E-state index contributed by atoms with van der Waals surface area (Å²) in [6.45, 7) is 7.21. The van der Waals surface area contributed by atoms with E-state index in [-0.39, 0.29) is 11.1 Å². The third kappa shape index (κ3) is 1.45. The van der Waals surface area contributed by atoms with Gasteiger partial charge in [0, 0.05) is 0 Å². The van der Waals surface area contributed by atoms with Crippen molar-refractivity contribution in [3.05, 3.63) is 34.4 Å². The molecule has 2 heterocycles. The van der Waals surface area contributed by atoms with E-state index in [2.05, 4.69) is 22.6 Å². The number of methoxy groups -OCH3 is 2. The highest BCUT2D eigenvalue weighted by molar-refractivity contribution is 5.87. The fraction of sp³-hybridized carbons (Fsp3) is 0.500. The van der Waals surface area contributed by atoms with E-state index in [1.165, 1.54) is 0 Å². The summed E-state index contributed by atoms with van der Waals surface area (Å²) in [6, 6.07) is 0. The molecule has 0 N–H and O–H groups in total. The van der Waals surface area contributed by atoms with Crippen LogP contribution in [-0.2, 0) is 23.8 Å². The van der Waals surface area contributed by atoms with Crippen molar-refractivity contribution in [1.29, 1.82) is 0 Å². The highest BCUT2D eigenvalue weighted by Crippen LogP contribution is 2.56. The minimum absolute atomic E-state index is 0.0250. The summed E-state index contributed by atoms with van der Waals surface area (Å²) in [5, 5.41) is 11.4. The predicted molar refractivity (Wildman–Crippen MR) is 63.9 cm³/mol. The van der Waals surface area contributed by atoms with Crippen molar-refractivity contribution in [1.82, 2.24) is 0 Å². The third-order valence-electron chi connectivity index (χ3n) is 3.78. The molecule has 0 aromatic heterocycles. The smallest absolute Gasteiger partial charge is 0.366 e. The number of fused-ring (bicyclic) bond motifs is 2. The van der Waals surface area contributed by atoms with Crippen LogP contribution in [0.25, 0.3) is 0 Å². The standard InChI is InChI=1S/C12H13NO7/c1-5-6(2)12(13(16)17)8(11(15)19-4)7(9(5)20-12)10(14)18-3/h7-9H,1-2H2,3-4H3/t7-,8-,9-,12+/m0/s1. The quantitative estimate of drug-likeness (QED) is 0.409. The first-order valence-corrected chi connectivity index (χ1v) is 5.69. The van der Waals surface area contributed by atoms with Crippen LogP contribution in [-0.4, -0.2) is 42.9 Å². The van der Waals surface area contributed by atoms with Gasteiger partial charge >= 0.3 is 17.7 Å². The number of carbonyl (C=O) groups is 2. The monoisotopic (exact) mass is 283 g/mol. The summed E-state index contributed by atoms with van der Waals surface area (Å²) in [7, 11) is 2.20. The molecule has 4 atom stereocenters. The van der Waals surface area contributed by atoms with Crippen LogP contribution in [0.2, 0.25) is 0 Å². The molecule has 2 saturated heterocycles. The van der Waals surface area contributed by atoms with Crippen molar-refractivity contribution in [2.24, 2.45) is 11.8 Å². The lowest BCUT2D eigenvalue weighted by Gasteiger charge is -2.28. The van der Waals surface area contributed by atoms with Crippen molar-refractivity contribution in [2.75, 3.05) is 14.2 Å². The Labute approximate surface area is 114 Å². The van der Waals surface area contributed by atoms with Crippen LogP contribution in [0.5, 0.6) is 0 Å². The molecule has 108 valence electrons. The molecule has 2 fully saturated rings. The zero-order chi connectivity index (χ0) is 15.2. The van der Waals surface area contributed by atoms with Crippen molar-refractivity contribution in [3.8, 4) is 0 Å². The van der Waals surface area contributed by atoms with E-state index in [0.717, 1.165) is 14.2 Å². The Morgan fingerprint density at radius 3 is 2.30 bits per heavy atom. The molecular weight excluding hydrogens is 270 g/mol. The van der Waals surface area contributed by atoms with Gasteiger partial charge in [-0.1, -0.05) is 13.2 Å². The maximum absolute atomic E-state index is 11.9. The lowest BCUT2D eigenvalue weighted by molar-refractivity contribution is -0.612. The number of carbonyl (C=O) groups excluding carboxylic acids is 2. The molecule has 2 rings (SSSR count). The molecule has 2 bridgehead atoms. The van der Waals surface area contributed by atoms with Crippen LogP contribution >= 0.6 is 0 Å². The number of rotatable bonds is 3. The van der Waals surface area contributed by atoms with E-state index < -0.39 is 40.5 Å². The largest absolute Gasteiger partial charge is 0.469 e. The van der Waals surface area contributed by atoms with Crippen LogP contribution in [0.1, 0.15) is 0 Å². The van der Waals surface area contributed by atoms with Crippen LogP contribution < -0.4 is 0 Å². The van der Waals surface area contributed by atoms with Gasteiger partial charge in [0.1, 0.15) is 12.0 Å². The Morgan fingerprint density at radius 1 is 1.30 bits per heavy atom. The molecule has 8 nitrogen and oxygen atoms in total. The van der Waals surface area contributed by atoms with Crippen LogP contribution in [0.15, 0.2) is 24.3 Å². The zero-order valence-corrected chi connectivity index (χ0v) is 11.0. The van der Waals surface area contributed by atoms with Crippen LogP contribution in [0.3, 0.4) is 0 Å². The van der Waals surface area contributed by atoms with Crippen LogP contribution in [0.4, 0.5) is 0 Å². The number of hydrogen-bond donors (Lipinski definition) is 0. The second-order valence-electron chi connectivity index (χ2n) is 4.55. The van der Waals surface area contributed by atoms with Crippen LogP contribution in [0, 0.1) is 22.0 Å². The Morgan fingerprint density at radius 2 is 1.85 bits per heavy atom. The minimum atomic E-state index is -2.21.